The van der Waals surface area contributed by atoms with Crippen LogP contribution in [-0.4, -0.2) is 57.9 Å². The first kappa shape index (κ1) is 17.3. The highest BCUT2D eigenvalue weighted by molar-refractivity contribution is 6.21. The monoisotopic (exact) mass is 339 g/mol. The normalized spacial score (nSPS) is 16.2. The molecular weight excluding hydrogens is 318 g/mol. The number of aliphatic hydroxyl groups excluding tert-OH is 1. The highest BCUT2D eigenvalue weighted by Crippen LogP contribution is 2.23. The number of carbonyl (C=O) groups excluding carboxylic acids is 2. The van der Waals surface area contributed by atoms with E-state index >= 15 is 0 Å². The number of hydrogen-bond donors (Lipinski definition) is 1. The van der Waals surface area contributed by atoms with Crippen LogP contribution in [0, 0.1) is 0 Å². The van der Waals surface area contributed by atoms with Gasteiger partial charge in [-0.2, -0.15) is 0 Å². The Labute approximate surface area is 146 Å². The van der Waals surface area contributed by atoms with Gasteiger partial charge >= 0.3 is 0 Å². The first-order valence-corrected chi connectivity index (χ1v) is 8.22. The molecule has 25 heavy (non-hydrogen) atoms. The molecule has 2 atom stereocenters. The minimum atomic E-state index is -0.827. The van der Waals surface area contributed by atoms with Crippen molar-refractivity contribution in [2.24, 2.45) is 0 Å². The summed E-state index contributed by atoms with van der Waals surface area (Å²) in [4.78, 5) is 31.9. The zero-order chi connectivity index (χ0) is 18.0. The van der Waals surface area contributed by atoms with Crippen molar-refractivity contribution in [3.05, 3.63) is 65.5 Å². The number of amides is 2. The Morgan fingerprint density at radius 2 is 1.76 bits per heavy atom. The third-order valence-electron chi connectivity index (χ3n) is 4.60. The molecule has 0 spiro atoms. The van der Waals surface area contributed by atoms with E-state index in [1.807, 2.05) is 31.0 Å². The van der Waals surface area contributed by atoms with Gasteiger partial charge in [0.1, 0.15) is 0 Å². The van der Waals surface area contributed by atoms with Crippen molar-refractivity contribution in [2.45, 2.75) is 19.1 Å². The van der Waals surface area contributed by atoms with E-state index in [1.165, 1.54) is 0 Å². The largest absolute Gasteiger partial charge is 0.390 e. The van der Waals surface area contributed by atoms with Crippen molar-refractivity contribution in [2.75, 3.05) is 20.1 Å². The van der Waals surface area contributed by atoms with Gasteiger partial charge in [-0.1, -0.05) is 18.2 Å². The second-order valence-corrected chi connectivity index (χ2v) is 6.32. The van der Waals surface area contributed by atoms with Crippen LogP contribution >= 0.6 is 0 Å². The van der Waals surface area contributed by atoms with Crippen LogP contribution in [0.4, 0.5) is 0 Å². The molecule has 0 radical (unpaired) electrons. The number of benzene rings is 1. The van der Waals surface area contributed by atoms with Crippen LogP contribution in [0.15, 0.2) is 48.8 Å². The van der Waals surface area contributed by atoms with Gasteiger partial charge in [0.2, 0.25) is 0 Å². The molecular formula is C19H21N3O3. The Morgan fingerprint density at radius 1 is 1.12 bits per heavy atom. The predicted octanol–water partition coefficient (Wildman–Crippen LogP) is 1.73. The average molecular weight is 339 g/mol. The second-order valence-electron chi connectivity index (χ2n) is 6.32. The van der Waals surface area contributed by atoms with E-state index in [2.05, 4.69) is 4.98 Å². The molecule has 1 aromatic heterocycles. The van der Waals surface area contributed by atoms with E-state index < -0.39 is 6.10 Å². The number of rotatable bonds is 6. The summed E-state index contributed by atoms with van der Waals surface area (Å²) in [6.45, 7) is 2.34. The lowest BCUT2D eigenvalue weighted by Gasteiger charge is -2.28. The number of fused-ring (bicyclic) bond motifs is 1. The fourth-order valence-corrected chi connectivity index (χ4v) is 3.04. The first-order valence-electron chi connectivity index (χ1n) is 8.22. The summed E-state index contributed by atoms with van der Waals surface area (Å²) in [5.74, 6) is -0.690. The van der Waals surface area contributed by atoms with Crippen LogP contribution in [0.1, 0.15) is 39.2 Å². The average Bonchev–Trinajstić information content (AvgIpc) is 2.87. The minimum Gasteiger partial charge on any atom is -0.390 e. The van der Waals surface area contributed by atoms with E-state index in [-0.39, 0.29) is 24.4 Å². The number of aliphatic hydroxyl groups is 1. The smallest absolute Gasteiger partial charge is 0.261 e. The van der Waals surface area contributed by atoms with E-state index in [9.17, 15) is 14.7 Å². The van der Waals surface area contributed by atoms with E-state index in [0.717, 1.165) is 10.5 Å². The van der Waals surface area contributed by atoms with E-state index in [4.69, 9.17) is 0 Å². The summed E-state index contributed by atoms with van der Waals surface area (Å²) < 4.78 is 0. The van der Waals surface area contributed by atoms with E-state index in [1.54, 1.807) is 36.7 Å². The molecule has 2 aromatic rings. The molecule has 0 saturated carbocycles. The van der Waals surface area contributed by atoms with Gasteiger partial charge in [-0.25, -0.2) is 0 Å². The van der Waals surface area contributed by atoms with Crippen molar-refractivity contribution in [3.63, 3.8) is 0 Å². The fraction of sp³-hybridized carbons (Fsp3) is 0.316. The molecule has 130 valence electrons. The van der Waals surface area contributed by atoms with Gasteiger partial charge in [-0.3, -0.25) is 24.4 Å². The lowest BCUT2D eigenvalue weighted by Crippen LogP contribution is -2.42. The highest BCUT2D eigenvalue weighted by atomic mass is 16.3. The Kier molecular flexibility index (Phi) is 4.92. The maximum Gasteiger partial charge on any atom is 0.261 e. The van der Waals surface area contributed by atoms with Crippen LogP contribution in [0.25, 0.3) is 0 Å². The molecule has 0 saturated heterocycles. The van der Waals surface area contributed by atoms with Crippen molar-refractivity contribution in [1.29, 1.82) is 0 Å². The molecule has 1 N–H and O–H groups in total. The Morgan fingerprint density at radius 3 is 2.32 bits per heavy atom. The summed E-state index contributed by atoms with van der Waals surface area (Å²) in [6.07, 6.45) is 2.68. The minimum absolute atomic E-state index is 0.0174. The fourth-order valence-electron chi connectivity index (χ4n) is 3.04. The number of aromatic nitrogens is 1. The zero-order valence-corrected chi connectivity index (χ0v) is 14.3. The summed E-state index contributed by atoms with van der Waals surface area (Å²) in [6, 6.07) is 10.6. The van der Waals surface area contributed by atoms with Crippen molar-refractivity contribution in [1.82, 2.24) is 14.8 Å². The summed E-state index contributed by atoms with van der Waals surface area (Å²) in [7, 11) is 1.89. The molecule has 6 heteroatoms. The molecule has 0 fully saturated rings. The van der Waals surface area contributed by atoms with Gasteiger partial charge in [0, 0.05) is 25.0 Å². The topological polar surface area (TPSA) is 73.7 Å². The molecule has 1 aromatic carbocycles. The maximum absolute atomic E-state index is 12.4. The van der Waals surface area contributed by atoms with Gasteiger partial charge in [0.05, 0.1) is 23.8 Å². The molecule has 0 bridgehead atoms. The van der Waals surface area contributed by atoms with Crippen LogP contribution in [-0.2, 0) is 0 Å². The third kappa shape index (κ3) is 3.45. The van der Waals surface area contributed by atoms with Crippen LogP contribution in [0.5, 0.6) is 0 Å². The molecule has 2 unspecified atom stereocenters. The Hall–Kier alpha value is -2.57. The van der Waals surface area contributed by atoms with Gasteiger partial charge in [-0.05, 0) is 37.7 Å². The highest BCUT2D eigenvalue weighted by Gasteiger charge is 2.36. The molecule has 3 rings (SSSR count). The molecule has 2 amide bonds. The number of β-amino-alcohol motifs (C(OH)–C–C–N with tert-alkyl or cyclic N) is 1. The van der Waals surface area contributed by atoms with Crippen molar-refractivity contribution in [3.8, 4) is 0 Å². The summed E-state index contributed by atoms with van der Waals surface area (Å²) in [5.41, 5.74) is 1.84. The summed E-state index contributed by atoms with van der Waals surface area (Å²) in [5, 5.41) is 10.4. The predicted molar refractivity (Wildman–Crippen MR) is 93.1 cm³/mol. The first-order chi connectivity index (χ1) is 12.0. The van der Waals surface area contributed by atoms with Crippen molar-refractivity contribution >= 4 is 11.8 Å². The maximum atomic E-state index is 12.4. The third-order valence-corrected chi connectivity index (χ3v) is 4.60. The van der Waals surface area contributed by atoms with Crippen LogP contribution in [0.2, 0.25) is 0 Å². The van der Waals surface area contributed by atoms with Gasteiger partial charge < -0.3 is 5.11 Å². The quantitative estimate of drug-likeness (QED) is 0.812. The number of hydrogen-bond acceptors (Lipinski definition) is 5. The number of likely N-dealkylation sites (N-methyl/N-ethyl adjacent to an activating group) is 1. The van der Waals surface area contributed by atoms with Gasteiger partial charge in [-0.15, -0.1) is 0 Å². The van der Waals surface area contributed by atoms with Gasteiger partial charge in [0.25, 0.3) is 11.8 Å². The molecule has 1 aliphatic rings. The second kappa shape index (κ2) is 7.13. The standard InChI is InChI=1S/C19H21N3O3/c1-13(14-6-5-9-20-10-14)21(2)11-15(23)12-22-18(24)16-7-3-4-8-17(16)19(22)25/h3-10,13,15,23H,11-12H2,1-2H3. The van der Waals surface area contributed by atoms with Crippen molar-refractivity contribution < 1.29 is 14.7 Å². The van der Waals surface area contributed by atoms with Crippen LogP contribution in [0.3, 0.4) is 0 Å². The summed E-state index contributed by atoms with van der Waals surface area (Å²) >= 11 is 0. The lowest BCUT2D eigenvalue weighted by atomic mass is 10.1. The van der Waals surface area contributed by atoms with Crippen LogP contribution < -0.4 is 0 Å². The Bertz CT molecular complexity index is 743. The lowest BCUT2D eigenvalue weighted by molar-refractivity contribution is 0.0466. The van der Waals surface area contributed by atoms with Gasteiger partial charge in [0.15, 0.2) is 0 Å². The molecule has 0 aliphatic carbocycles. The molecule has 6 nitrogen and oxygen atoms in total. The zero-order valence-electron chi connectivity index (χ0n) is 14.3. The molecule has 1 aliphatic heterocycles. The number of nitrogens with zero attached hydrogens (tertiary/aromatic N) is 3. The SMILES string of the molecule is CC(c1cccnc1)N(C)CC(O)CN1C(=O)c2ccccc2C1=O. The van der Waals surface area contributed by atoms with E-state index in [0.29, 0.717) is 17.7 Å². The molecule has 2 heterocycles. The Balaban J connectivity index is 1.62. The number of carbonyl (C=O) groups is 2. The number of imide groups is 1. The number of pyridine rings is 1.